The second kappa shape index (κ2) is 4.72. The summed E-state index contributed by atoms with van der Waals surface area (Å²) in [6.07, 6.45) is 1.37. The molecule has 0 aromatic carbocycles. The van der Waals surface area contributed by atoms with E-state index < -0.39 is 16.2 Å². The van der Waals surface area contributed by atoms with Gasteiger partial charge < -0.3 is 9.73 Å². The summed E-state index contributed by atoms with van der Waals surface area (Å²) >= 11 is 0. The Morgan fingerprint density at radius 1 is 1.32 bits per heavy atom. The van der Waals surface area contributed by atoms with Crippen molar-refractivity contribution in [2.45, 2.75) is 0 Å². The van der Waals surface area contributed by atoms with Crippen molar-refractivity contribution in [2.75, 3.05) is 11.9 Å². The Bertz CT molecular complexity index is 917. The van der Waals surface area contributed by atoms with E-state index in [9.17, 15) is 19.7 Å². The van der Waals surface area contributed by atoms with Crippen LogP contribution in [0.25, 0.3) is 5.57 Å². The number of aromatic nitrogens is 2. The monoisotopic (exact) mass is 304 g/mol. The molecule has 0 fully saturated rings. The molecule has 3 heterocycles. The van der Waals surface area contributed by atoms with Crippen LogP contribution in [0.2, 0.25) is 0 Å². The van der Waals surface area contributed by atoms with Gasteiger partial charge in [-0.1, -0.05) is 0 Å². The van der Waals surface area contributed by atoms with Crippen LogP contribution in [0.4, 0.5) is 5.82 Å². The Balaban J connectivity index is 2.48. The summed E-state index contributed by atoms with van der Waals surface area (Å²) in [5.41, 5.74) is -1.16. The molecule has 0 amide bonds. The van der Waals surface area contributed by atoms with Crippen molar-refractivity contribution in [3.63, 3.8) is 0 Å². The van der Waals surface area contributed by atoms with Gasteiger partial charge in [0, 0.05) is 14.1 Å². The number of fused-ring (bicyclic) bond motifs is 1. The Morgan fingerprint density at radius 2 is 2.05 bits per heavy atom. The van der Waals surface area contributed by atoms with Gasteiger partial charge in [0.1, 0.15) is 23.7 Å². The van der Waals surface area contributed by atoms with E-state index in [0.717, 1.165) is 4.57 Å². The van der Waals surface area contributed by atoms with E-state index in [2.05, 4.69) is 5.32 Å². The molecule has 0 saturated heterocycles. The fourth-order valence-corrected chi connectivity index (χ4v) is 2.52. The Kier molecular flexibility index (Phi) is 2.98. The quantitative estimate of drug-likeness (QED) is 0.623. The minimum Gasteiger partial charge on any atom is -0.464 e. The highest BCUT2D eigenvalue weighted by Gasteiger charge is 2.34. The molecule has 0 unspecified atom stereocenters. The Morgan fingerprint density at radius 3 is 2.64 bits per heavy atom. The van der Waals surface area contributed by atoms with Crippen LogP contribution in [0, 0.1) is 10.1 Å². The van der Waals surface area contributed by atoms with Crippen LogP contribution < -0.4 is 16.6 Å². The van der Waals surface area contributed by atoms with Crippen molar-refractivity contribution in [3.05, 3.63) is 66.4 Å². The average molecular weight is 304 g/mol. The molecule has 0 radical (unpaired) electrons. The average Bonchev–Trinajstić information content (AvgIpc) is 3.03. The van der Waals surface area contributed by atoms with Gasteiger partial charge in [-0.3, -0.25) is 24.0 Å². The molecular weight excluding hydrogens is 292 g/mol. The zero-order valence-corrected chi connectivity index (χ0v) is 11.8. The predicted molar refractivity (Wildman–Crippen MR) is 77.1 cm³/mol. The minimum atomic E-state index is -0.615. The van der Waals surface area contributed by atoms with Crippen molar-refractivity contribution in [3.8, 4) is 0 Å². The summed E-state index contributed by atoms with van der Waals surface area (Å²) < 4.78 is 7.41. The fraction of sp³-hybridized carbons (Fsp3) is 0.231. The largest absolute Gasteiger partial charge is 0.464 e. The normalized spacial score (nSPS) is 13.7. The van der Waals surface area contributed by atoms with E-state index in [4.69, 9.17) is 4.42 Å². The summed E-state index contributed by atoms with van der Waals surface area (Å²) in [6.45, 7) is -0.115. The summed E-state index contributed by atoms with van der Waals surface area (Å²) in [7, 11) is 2.82. The van der Waals surface area contributed by atoms with Crippen LogP contribution >= 0.6 is 0 Å². The lowest BCUT2D eigenvalue weighted by atomic mass is 9.99. The Hall–Kier alpha value is -3.10. The summed E-state index contributed by atoms with van der Waals surface area (Å²) in [5.74, 6) is 0.454. The number of rotatable bonds is 2. The van der Waals surface area contributed by atoms with Gasteiger partial charge >= 0.3 is 5.69 Å². The number of nitro groups is 1. The smallest absolute Gasteiger partial charge is 0.332 e. The number of furan rings is 1. The second-order valence-corrected chi connectivity index (χ2v) is 4.84. The number of hydrogen-bond acceptors (Lipinski definition) is 6. The highest BCUT2D eigenvalue weighted by atomic mass is 16.6. The number of nitrogens with zero attached hydrogens (tertiary/aromatic N) is 3. The molecule has 0 bridgehead atoms. The van der Waals surface area contributed by atoms with Gasteiger partial charge in [-0.15, -0.1) is 0 Å². The first-order valence-electron chi connectivity index (χ1n) is 6.39. The Labute approximate surface area is 123 Å². The van der Waals surface area contributed by atoms with Crippen molar-refractivity contribution < 1.29 is 9.34 Å². The number of hydrogen-bond donors (Lipinski definition) is 1. The number of nitrogens with one attached hydrogen (secondary N) is 1. The van der Waals surface area contributed by atoms with Crippen LogP contribution in [0.1, 0.15) is 11.3 Å². The van der Waals surface area contributed by atoms with E-state index in [1.165, 1.54) is 24.9 Å². The molecule has 114 valence electrons. The molecule has 1 aliphatic heterocycles. The van der Waals surface area contributed by atoms with Crippen LogP contribution in [-0.2, 0) is 14.1 Å². The predicted octanol–water partition coefficient (Wildman–Crippen LogP) is 0.139. The molecule has 1 N–H and O–H groups in total. The van der Waals surface area contributed by atoms with Crippen molar-refractivity contribution >= 4 is 11.4 Å². The highest BCUT2D eigenvalue weighted by Crippen LogP contribution is 2.33. The molecule has 9 nitrogen and oxygen atoms in total. The summed E-state index contributed by atoms with van der Waals surface area (Å²) in [4.78, 5) is 35.2. The SMILES string of the molecule is Cn1c2c(c(=O)n(C)c1=O)C(c1ccco1)=C([N+](=O)[O-])CN2. The first kappa shape index (κ1) is 13.9. The fourth-order valence-electron chi connectivity index (χ4n) is 2.52. The standard InChI is InChI=1S/C13H12N4O5/c1-15-11-10(12(18)16(2)13(15)19)9(8-4-3-5-22-8)7(6-14-11)17(20)21/h3-5,14H,6H2,1-2H3. The van der Waals surface area contributed by atoms with Gasteiger partial charge in [-0.25, -0.2) is 4.79 Å². The molecule has 0 spiro atoms. The van der Waals surface area contributed by atoms with Gasteiger partial charge in [0.2, 0.25) is 0 Å². The topological polar surface area (TPSA) is 112 Å². The van der Waals surface area contributed by atoms with Crippen LogP contribution in [0.15, 0.2) is 38.1 Å². The van der Waals surface area contributed by atoms with E-state index in [1.54, 1.807) is 12.1 Å². The molecule has 0 saturated carbocycles. The van der Waals surface area contributed by atoms with Crippen LogP contribution in [0.3, 0.4) is 0 Å². The maximum absolute atomic E-state index is 12.5. The van der Waals surface area contributed by atoms with Gasteiger partial charge in [0.05, 0.1) is 16.7 Å². The first-order valence-corrected chi connectivity index (χ1v) is 6.39. The highest BCUT2D eigenvalue weighted by molar-refractivity contribution is 5.86. The molecule has 2 aromatic heterocycles. The summed E-state index contributed by atoms with van der Waals surface area (Å²) in [5, 5.41) is 14.1. The molecule has 9 heteroatoms. The lowest BCUT2D eigenvalue weighted by Crippen LogP contribution is -2.42. The van der Waals surface area contributed by atoms with Crippen molar-refractivity contribution in [1.82, 2.24) is 9.13 Å². The van der Waals surface area contributed by atoms with E-state index in [1.807, 2.05) is 0 Å². The third-order valence-corrected chi connectivity index (χ3v) is 3.61. The van der Waals surface area contributed by atoms with E-state index >= 15 is 0 Å². The zero-order valence-electron chi connectivity index (χ0n) is 11.8. The summed E-state index contributed by atoms with van der Waals surface area (Å²) in [6, 6.07) is 3.12. The lowest BCUT2D eigenvalue weighted by molar-refractivity contribution is -0.423. The molecule has 0 aliphatic carbocycles. The third-order valence-electron chi connectivity index (χ3n) is 3.61. The van der Waals surface area contributed by atoms with Crippen molar-refractivity contribution in [1.29, 1.82) is 0 Å². The molecule has 0 atom stereocenters. The second-order valence-electron chi connectivity index (χ2n) is 4.84. The van der Waals surface area contributed by atoms with Crippen molar-refractivity contribution in [2.24, 2.45) is 14.1 Å². The van der Waals surface area contributed by atoms with Gasteiger partial charge in [-0.05, 0) is 12.1 Å². The molecule has 1 aliphatic rings. The maximum atomic E-state index is 12.5. The maximum Gasteiger partial charge on any atom is 0.332 e. The molecule has 3 rings (SSSR count). The molecule has 22 heavy (non-hydrogen) atoms. The first-order chi connectivity index (χ1) is 10.4. The van der Waals surface area contributed by atoms with E-state index in [0.29, 0.717) is 0 Å². The van der Waals surface area contributed by atoms with Crippen LogP contribution in [-0.4, -0.2) is 20.6 Å². The number of anilines is 1. The van der Waals surface area contributed by atoms with Gasteiger partial charge in [0.15, 0.2) is 0 Å². The van der Waals surface area contributed by atoms with Crippen LogP contribution in [0.5, 0.6) is 0 Å². The molecule has 2 aromatic rings. The minimum absolute atomic E-state index is 0.0532. The molecular formula is C13H12N4O5. The zero-order chi connectivity index (χ0) is 16.0. The van der Waals surface area contributed by atoms with Gasteiger partial charge in [-0.2, -0.15) is 0 Å². The lowest BCUT2D eigenvalue weighted by Gasteiger charge is -2.21. The van der Waals surface area contributed by atoms with E-state index in [-0.39, 0.29) is 35.0 Å². The van der Waals surface area contributed by atoms with Gasteiger partial charge in [0.25, 0.3) is 11.3 Å². The third kappa shape index (κ3) is 1.79.